The van der Waals surface area contributed by atoms with Crippen molar-refractivity contribution in [3.8, 4) is 11.5 Å². The summed E-state index contributed by atoms with van der Waals surface area (Å²) in [6, 6.07) is 18.0. The first kappa shape index (κ1) is 20.4. The van der Waals surface area contributed by atoms with Gasteiger partial charge in [0.2, 0.25) is 0 Å². The van der Waals surface area contributed by atoms with Gasteiger partial charge in [-0.1, -0.05) is 29.8 Å². The third-order valence-corrected chi connectivity index (χ3v) is 5.87. The minimum atomic E-state index is -0.324. The molecule has 0 saturated carbocycles. The Labute approximate surface area is 190 Å². The summed E-state index contributed by atoms with van der Waals surface area (Å²) in [6.45, 7) is 1.69. The van der Waals surface area contributed by atoms with E-state index in [-0.39, 0.29) is 11.8 Å². The van der Waals surface area contributed by atoms with Crippen LogP contribution < -0.4 is 19.7 Å². The zero-order valence-corrected chi connectivity index (χ0v) is 18.0. The lowest BCUT2D eigenvalue weighted by molar-refractivity contribution is 0.0988. The molecule has 2 heterocycles. The standard InChI is InChI=1S/C25H21ClN2O4/c26-20-14-18(15-22-23(20)32-13-3-12-31-22)24(29)27-19-8-6-17(7-9-19)25(30)28-11-10-16-4-1-2-5-21(16)28/h1-2,4-9,14-15H,3,10-13H2,(H,27,29). The maximum absolute atomic E-state index is 13.0. The molecule has 0 aromatic heterocycles. The Hall–Kier alpha value is -3.51. The van der Waals surface area contributed by atoms with E-state index in [2.05, 4.69) is 5.32 Å². The number of carbonyl (C=O) groups is 2. The summed E-state index contributed by atoms with van der Waals surface area (Å²) in [5.74, 6) is 0.552. The lowest BCUT2D eigenvalue weighted by Gasteiger charge is -2.17. The van der Waals surface area contributed by atoms with E-state index in [4.69, 9.17) is 21.1 Å². The first-order valence-electron chi connectivity index (χ1n) is 10.5. The van der Waals surface area contributed by atoms with Crippen LogP contribution in [0.25, 0.3) is 0 Å². The number of rotatable bonds is 3. The van der Waals surface area contributed by atoms with Gasteiger partial charge in [0, 0.05) is 35.5 Å². The summed E-state index contributed by atoms with van der Waals surface area (Å²) in [5, 5.41) is 3.17. The largest absolute Gasteiger partial charge is 0.489 e. The Balaban J connectivity index is 1.30. The smallest absolute Gasteiger partial charge is 0.258 e. The fourth-order valence-corrected chi connectivity index (χ4v) is 4.23. The van der Waals surface area contributed by atoms with Crippen LogP contribution in [0.2, 0.25) is 5.02 Å². The summed E-state index contributed by atoms with van der Waals surface area (Å²) in [6.07, 6.45) is 1.61. The number of nitrogens with one attached hydrogen (secondary N) is 1. The molecule has 162 valence electrons. The molecular formula is C25H21ClN2O4. The molecule has 5 rings (SSSR count). The summed E-state index contributed by atoms with van der Waals surface area (Å²) < 4.78 is 11.3. The van der Waals surface area contributed by atoms with Gasteiger partial charge in [-0.3, -0.25) is 9.59 Å². The zero-order valence-electron chi connectivity index (χ0n) is 17.3. The molecule has 2 amide bonds. The van der Waals surface area contributed by atoms with Crippen LogP contribution in [0.3, 0.4) is 0 Å². The molecule has 0 bridgehead atoms. The van der Waals surface area contributed by atoms with Gasteiger partial charge in [0.15, 0.2) is 11.5 Å². The van der Waals surface area contributed by atoms with Crippen molar-refractivity contribution in [2.24, 2.45) is 0 Å². The first-order valence-corrected chi connectivity index (χ1v) is 10.9. The summed E-state index contributed by atoms with van der Waals surface area (Å²) in [5.41, 5.74) is 3.66. The highest BCUT2D eigenvalue weighted by Gasteiger charge is 2.25. The van der Waals surface area contributed by atoms with Crippen molar-refractivity contribution in [2.45, 2.75) is 12.8 Å². The number of benzene rings is 3. The van der Waals surface area contributed by atoms with Crippen molar-refractivity contribution in [2.75, 3.05) is 30.0 Å². The summed E-state index contributed by atoms with van der Waals surface area (Å²) in [7, 11) is 0. The molecule has 2 aliphatic heterocycles. The second-order valence-electron chi connectivity index (χ2n) is 7.70. The van der Waals surface area contributed by atoms with Gasteiger partial charge in [-0.15, -0.1) is 0 Å². The Morgan fingerprint density at radius 3 is 2.56 bits per heavy atom. The molecule has 7 heteroatoms. The van der Waals surface area contributed by atoms with E-state index in [0.717, 1.165) is 18.5 Å². The SMILES string of the molecule is O=C(Nc1ccc(C(=O)N2CCc3ccccc32)cc1)c1cc(Cl)c2c(c1)OCCCO2. The number of amides is 2. The second kappa shape index (κ2) is 8.55. The van der Waals surface area contributed by atoms with Crippen molar-refractivity contribution in [1.29, 1.82) is 0 Å². The third kappa shape index (κ3) is 3.89. The van der Waals surface area contributed by atoms with Crippen LogP contribution >= 0.6 is 11.6 Å². The van der Waals surface area contributed by atoms with E-state index in [9.17, 15) is 9.59 Å². The molecule has 6 nitrogen and oxygen atoms in total. The van der Waals surface area contributed by atoms with E-state index >= 15 is 0 Å². The first-order chi connectivity index (χ1) is 15.6. The van der Waals surface area contributed by atoms with E-state index in [1.54, 1.807) is 41.3 Å². The summed E-state index contributed by atoms with van der Waals surface area (Å²) >= 11 is 6.29. The molecule has 32 heavy (non-hydrogen) atoms. The fraction of sp³-hybridized carbons (Fsp3) is 0.200. The van der Waals surface area contributed by atoms with Crippen LogP contribution in [-0.2, 0) is 6.42 Å². The molecule has 0 unspecified atom stereocenters. The number of para-hydroxylation sites is 1. The van der Waals surface area contributed by atoms with Gasteiger partial charge in [-0.2, -0.15) is 0 Å². The van der Waals surface area contributed by atoms with Gasteiger partial charge in [0.05, 0.1) is 18.2 Å². The third-order valence-electron chi connectivity index (χ3n) is 5.59. The Bertz CT molecular complexity index is 1190. The molecular weight excluding hydrogens is 428 g/mol. The van der Waals surface area contributed by atoms with Crippen LogP contribution in [0, 0.1) is 0 Å². The van der Waals surface area contributed by atoms with Gasteiger partial charge in [0.1, 0.15) is 0 Å². The van der Waals surface area contributed by atoms with Crippen molar-refractivity contribution < 1.29 is 19.1 Å². The number of ether oxygens (including phenoxy) is 2. The maximum Gasteiger partial charge on any atom is 0.258 e. The van der Waals surface area contributed by atoms with Crippen molar-refractivity contribution in [1.82, 2.24) is 0 Å². The topological polar surface area (TPSA) is 67.9 Å². The quantitative estimate of drug-likeness (QED) is 0.615. The van der Waals surface area contributed by atoms with E-state index in [1.807, 2.05) is 24.3 Å². The molecule has 0 aliphatic carbocycles. The fourth-order valence-electron chi connectivity index (χ4n) is 3.97. The van der Waals surface area contributed by atoms with Gasteiger partial charge < -0.3 is 19.7 Å². The van der Waals surface area contributed by atoms with Gasteiger partial charge >= 0.3 is 0 Å². The van der Waals surface area contributed by atoms with E-state index in [0.29, 0.717) is 53.1 Å². The number of halogens is 1. The van der Waals surface area contributed by atoms with Gasteiger partial charge in [0.25, 0.3) is 11.8 Å². The molecule has 0 saturated heterocycles. The van der Waals surface area contributed by atoms with Gasteiger partial charge in [-0.25, -0.2) is 0 Å². The highest BCUT2D eigenvalue weighted by molar-refractivity contribution is 6.32. The summed E-state index contributed by atoms with van der Waals surface area (Å²) in [4.78, 5) is 27.5. The average Bonchev–Trinajstić information content (AvgIpc) is 3.09. The number of nitrogens with zero attached hydrogens (tertiary/aromatic N) is 1. The van der Waals surface area contributed by atoms with Crippen molar-refractivity contribution in [3.05, 3.63) is 82.4 Å². The molecule has 1 N–H and O–H groups in total. The Morgan fingerprint density at radius 1 is 0.938 bits per heavy atom. The molecule has 0 fully saturated rings. The van der Waals surface area contributed by atoms with Crippen molar-refractivity contribution in [3.63, 3.8) is 0 Å². The van der Waals surface area contributed by atoms with Gasteiger partial charge in [-0.05, 0) is 54.4 Å². The zero-order chi connectivity index (χ0) is 22.1. The predicted molar refractivity (Wildman–Crippen MR) is 123 cm³/mol. The molecule has 2 aliphatic rings. The van der Waals surface area contributed by atoms with Crippen LogP contribution in [-0.4, -0.2) is 31.6 Å². The van der Waals surface area contributed by atoms with Crippen molar-refractivity contribution >= 4 is 34.8 Å². The number of anilines is 2. The number of fused-ring (bicyclic) bond motifs is 2. The van der Waals surface area contributed by atoms with Crippen LogP contribution in [0.1, 0.15) is 32.7 Å². The lowest BCUT2D eigenvalue weighted by atomic mass is 10.1. The van der Waals surface area contributed by atoms with Crippen LogP contribution in [0.15, 0.2) is 60.7 Å². The maximum atomic E-state index is 13.0. The minimum Gasteiger partial charge on any atom is -0.489 e. The number of hydrogen-bond acceptors (Lipinski definition) is 4. The van der Waals surface area contributed by atoms with E-state index < -0.39 is 0 Å². The predicted octanol–water partition coefficient (Wildman–Crippen LogP) is 4.96. The Morgan fingerprint density at radius 2 is 1.72 bits per heavy atom. The van der Waals surface area contributed by atoms with Crippen LogP contribution in [0.5, 0.6) is 11.5 Å². The highest BCUT2D eigenvalue weighted by Crippen LogP contribution is 2.38. The normalized spacial score (nSPS) is 14.5. The minimum absolute atomic E-state index is 0.0532. The van der Waals surface area contributed by atoms with E-state index in [1.165, 1.54) is 5.56 Å². The second-order valence-corrected chi connectivity index (χ2v) is 8.11. The molecule has 3 aromatic carbocycles. The highest BCUT2D eigenvalue weighted by atomic mass is 35.5. The molecule has 0 radical (unpaired) electrons. The molecule has 0 spiro atoms. The number of hydrogen-bond donors (Lipinski definition) is 1. The number of carbonyl (C=O) groups excluding carboxylic acids is 2. The van der Waals surface area contributed by atoms with Crippen LogP contribution in [0.4, 0.5) is 11.4 Å². The lowest BCUT2D eigenvalue weighted by Crippen LogP contribution is -2.28. The average molecular weight is 449 g/mol. The monoisotopic (exact) mass is 448 g/mol. The Kier molecular flexibility index (Phi) is 5.45. The molecule has 0 atom stereocenters. The molecule has 3 aromatic rings.